The first-order valence-electron chi connectivity index (χ1n) is 30.0. The van der Waals surface area contributed by atoms with Gasteiger partial charge in [-0.1, -0.05) is 262 Å². The van der Waals surface area contributed by atoms with Gasteiger partial charge in [-0.15, -0.1) is 0 Å². The molecule has 0 radical (unpaired) electrons. The molecule has 70 heavy (non-hydrogen) atoms. The highest BCUT2D eigenvalue weighted by atomic mass is 31.2. The number of quaternary nitrogens is 1. The molecule has 0 bridgehead atoms. The third kappa shape index (κ3) is 54.2. The maximum absolute atomic E-state index is 13.0. The van der Waals surface area contributed by atoms with Crippen molar-refractivity contribution >= 4 is 13.7 Å². The molecule has 9 heteroatoms. The SMILES string of the molecule is CCCCCCC/C=C\C/C=C\CCCCCCCCCCCCCCCCCCCCCC(=O)NC(COP(=O)([O-])OCC[N+](C)(C)C)C(O)/C=C/CC/C=C/CCCCCCCCCCCCC. The summed E-state index contributed by atoms with van der Waals surface area (Å²) in [7, 11) is 1.25. The highest BCUT2D eigenvalue weighted by Gasteiger charge is 2.23. The number of nitrogens with zero attached hydrogens (tertiary/aromatic N) is 1. The summed E-state index contributed by atoms with van der Waals surface area (Å²) < 4.78 is 23.3. The smallest absolute Gasteiger partial charge is 0.268 e. The van der Waals surface area contributed by atoms with Crippen molar-refractivity contribution in [1.82, 2.24) is 5.32 Å². The average Bonchev–Trinajstić information content (AvgIpc) is 3.32. The Balaban J connectivity index is 4.10. The molecule has 1 amide bonds. The fourth-order valence-electron chi connectivity index (χ4n) is 8.79. The first-order chi connectivity index (χ1) is 34.0. The van der Waals surface area contributed by atoms with Crippen molar-refractivity contribution in [2.45, 2.75) is 296 Å². The summed E-state index contributed by atoms with van der Waals surface area (Å²) in [5.41, 5.74) is 0. The Morgan fingerprint density at radius 2 is 0.843 bits per heavy atom. The van der Waals surface area contributed by atoms with Gasteiger partial charge in [-0.3, -0.25) is 9.36 Å². The zero-order valence-corrected chi connectivity index (χ0v) is 47.9. The van der Waals surface area contributed by atoms with Gasteiger partial charge in [0.05, 0.1) is 39.9 Å². The molecule has 0 saturated heterocycles. The van der Waals surface area contributed by atoms with Gasteiger partial charge in [0.1, 0.15) is 13.2 Å². The first-order valence-corrected chi connectivity index (χ1v) is 31.5. The maximum Gasteiger partial charge on any atom is 0.268 e. The van der Waals surface area contributed by atoms with Crippen LogP contribution in [0, 0.1) is 0 Å². The first kappa shape index (κ1) is 68.5. The Morgan fingerprint density at radius 1 is 0.500 bits per heavy atom. The zero-order valence-electron chi connectivity index (χ0n) is 47.0. The van der Waals surface area contributed by atoms with Crippen molar-refractivity contribution in [3.63, 3.8) is 0 Å². The van der Waals surface area contributed by atoms with E-state index in [1.54, 1.807) is 6.08 Å². The van der Waals surface area contributed by atoms with Crippen LogP contribution >= 0.6 is 7.82 Å². The van der Waals surface area contributed by atoms with Gasteiger partial charge >= 0.3 is 0 Å². The highest BCUT2D eigenvalue weighted by molar-refractivity contribution is 7.45. The summed E-state index contributed by atoms with van der Waals surface area (Å²) >= 11 is 0. The third-order valence-electron chi connectivity index (χ3n) is 13.5. The van der Waals surface area contributed by atoms with E-state index >= 15 is 0 Å². The van der Waals surface area contributed by atoms with E-state index in [4.69, 9.17) is 9.05 Å². The number of rotatable bonds is 55. The van der Waals surface area contributed by atoms with E-state index in [1.165, 1.54) is 218 Å². The summed E-state index contributed by atoms with van der Waals surface area (Å²) in [6.45, 7) is 4.64. The number of carbonyl (C=O) groups is 1. The molecule has 0 heterocycles. The molecule has 0 aromatic rings. The Bertz CT molecular complexity index is 1280. The van der Waals surface area contributed by atoms with Gasteiger partial charge < -0.3 is 28.8 Å². The van der Waals surface area contributed by atoms with Crippen molar-refractivity contribution < 1.29 is 32.9 Å². The van der Waals surface area contributed by atoms with Gasteiger partial charge in [0.25, 0.3) is 7.82 Å². The zero-order chi connectivity index (χ0) is 51.3. The molecular formula is C61H117N2O6P. The molecule has 0 saturated carbocycles. The van der Waals surface area contributed by atoms with Gasteiger partial charge in [0.15, 0.2) is 0 Å². The monoisotopic (exact) mass is 1000 g/mol. The summed E-state index contributed by atoms with van der Waals surface area (Å²) in [6, 6.07) is -0.903. The van der Waals surface area contributed by atoms with Crippen molar-refractivity contribution in [3.05, 3.63) is 48.6 Å². The molecule has 2 N–H and O–H groups in total. The molecule has 0 rings (SSSR count). The molecule has 0 spiro atoms. The van der Waals surface area contributed by atoms with E-state index in [1.807, 2.05) is 27.2 Å². The number of carbonyl (C=O) groups excluding carboxylic acids is 1. The van der Waals surface area contributed by atoms with E-state index in [-0.39, 0.29) is 12.5 Å². The van der Waals surface area contributed by atoms with Crippen LogP contribution in [0.5, 0.6) is 0 Å². The van der Waals surface area contributed by atoms with Crippen LogP contribution in [0.1, 0.15) is 284 Å². The number of phosphoric acid groups is 1. The van der Waals surface area contributed by atoms with Crippen molar-refractivity contribution in [1.29, 1.82) is 0 Å². The minimum atomic E-state index is -4.60. The number of nitrogens with one attached hydrogen (secondary N) is 1. The minimum Gasteiger partial charge on any atom is -0.756 e. The average molecular weight is 1010 g/mol. The molecule has 0 aromatic heterocycles. The molecule has 3 atom stereocenters. The van der Waals surface area contributed by atoms with Gasteiger partial charge in [0, 0.05) is 6.42 Å². The highest BCUT2D eigenvalue weighted by Crippen LogP contribution is 2.38. The van der Waals surface area contributed by atoms with Crippen LogP contribution in [-0.4, -0.2) is 68.5 Å². The fraction of sp³-hybridized carbons (Fsp3) is 0.852. The van der Waals surface area contributed by atoms with Gasteiger partial charge in [-0.05, 0) is 64.2 Å². The van der Waals surface area contributed by atoms with Crippen LogP contribution in [-0.2, 0) is 18.4 Å². The Morgan fingerprint density at radius 3 is 1.24 bits per heavy atom. The van der Waals surface area contributed by atoms with E-state index < -0.39 is 26.6 Å². The van der Waals surface area contributed by atoms with E-state index in [2.05, 4.69) is 55.6 Å². The van der Waals surface area contributed by atoms with E-state index in [9.17, 15) is 19.4 Å². The second kappa shape index (κ2) is 52.3. The fourth-order valence-corrected chi connectivity index (χ4v) is 9.51. The number of aliphatic hydroxyl groups excluding tert-OH is 1. The Labute approximate surface area is 435 Å². The number of aliphatic hydroxyl groups is 1. The number of allylic oxidation sites excluding steroid dienone is 7. The van der Waals surface area contributed by atoms with Gasteiger partial charge in [-0.2, -0.15) is 0 Å². The van der Waals surface area contributed by atoms with Gasteiger partial charge in [-0.25, -0.2) is 0 Å². The maximum atomic E-state index is 13.0. The number of likely N-dealkylation sites (N-methyl/N-ethyl adjacent to an activating group) is 1. The predicted octanol–water partition coefficient (Wildman–Crippen LogP) is 17.7. The van der Waals surface area contributed by atoms with Crippen molar-refractivity contribution in [2.24, 2.45) is 0 Å². The lowest BCUT2D eigenvalue weighted by molar-refractivity contribution is -0.870. The summed E-state index contributed by atoms with van der Waals surface area (Å²) in [5.74, 6) is -0.204. The topological polar surface area (TPSA) is 108 Å². The molecule has 0 fully saturated rings. The van der Waals surface area contributed by atoms with Crippen LogP contribution in [0.4, 0.5) is 0 Å². The van der Waals surface area contributed by atoms with Crippen molar-refractivity contribution in [2.75, 3.05) is 40.9 Å². The summed E-state index contributed by atoms with van der Waals surface area (Å²) in [5, 5.41) is 13.9. The molecule has 0 aliphatic rings. The summed E-state index contributed by atoms with van der Waals surface area (Å²) in [6.07, 6.45) is 69.2. The molecule has 412 valence electrons. The number of hydrogen-bond acceptors (Lipinski definition) is 6. The second-order valence-corrected chi connectivity index (χ2v) is 23.1. The Kier molecular flexibility index (Phi) is 51.2. The third-order valence-corrected chi connectivity index (χ3v) is 14.5. The number of hydrogen-bond donors (Lipinski definition) is 2. The van der Waals surface area contributed by atoms with Crippen LogP contribution in [0.25, 0.3) is 0 Å². The van der Waals surface area contributed by atoms with E-state index in [0.29, 0.717) is 17.4 Å². The molecular weight excluding hydrogens is 888 g/mol. The molecule has 0 aliphatic carbocycles. The lowest BCUT2D eigenvalue weighted by Gasteiger charge is -2.29. The molecule has 8 nitrogen and oxygen atoms in total. The lowest BCUT2D eigenvalue weighted by atomic mass is 10.0. The van der Waals surface area contributed by atoms with Crippen LogP contribution in [0.15, 0.2) is 48.6 Å². The normalized spacial score (nSPS) is 14.2. The van der Waals surface area contributed by atoms with E-state index in [0.717, 1.165) is 44.9 Å². The second-order valence-electron chi connectivity index (χ2n) is 21.7. The largest absolute Gasteiger partial charge is 0.756 e. The lowest BCUT2D eigenvalue weighted by Crippen LogP contribution is -2.45. The molecule has 0 aliphatic heterocycles. The van der Waals surface area contributed by atoms with Crippen LogP contribution in [0.2, 0.25) is 0 Å². The number of amides is 1. The molecule has 0 aromatic carbocycles. The summed E-state index contributed by atoms with van der Waals surface area (Å²) in [4.78, 5) is 25.5. The van der Waals surface area contributed by atoms with Crippen LogP contribution < -0.4 is 10.2 Å². The van der Waals surface area contributed by atoms with Crippen molar-refractivity contribution in [3.8, 4) is 0 Å². The standard InChI is InChI=1S/C61H117N2O6P/c1-6-8-10-12-14-16-18-20-22-24-25-26-27-28-29-30-31-32-33-34-35-36-37-39-41-43-45-47-49-51-53-55-61(65)62-59(58-69-70(66,67)68-57-56-63(3,4)5)60(64)54-52-50-48-46-44-42-40-38-23-21-19-17-15-13-11-9-7-2/h18,20,24-25,44,46,52,54,59-60,64H,6-17,19,21-23,26-43,45,47-51,53,55-58H2,1-5H3,(H-,62,65,66,67)/b20-18-,25-24-,46-44+,54-52+. The Hall–Kier alpha value is -1.54. The number of phosphoric ester groups is 1. The molecule has 3 unspecified atom stereocenters. The quantitative estimate of drug-likeness (QED) is 0.0272. The van der Waals surface area contributed by atoms with Gasteiger partial charge in [0.2, 0.25) is 5.91 Å². The number of unbranched alkanes of at least 4 members (excludes halogenated alkanes) is 36. The van der Waals surface area contributed by atoms with Crippen LogP contribution in [0.3, 0.4) is 0 Å². The predicted molar refractivity (Wildman–Crippen MR) is 302 cm³/mol. The minimum absolute atomic E-state index is 0.00571.